The standard InChI is InChI=1S/C9H9N3OS/c1-6-8(4-12(2)11-6)9-10-3-7(5-13)14-9/h3-5H,1-2H3. The lowest BCUT2D eigenvalue weighted by atomic mass is 10.3. The largest absolute Gasteiger partial charge is 0.297 e. The molecule has 5 heteroatoms. The lowest BCUT2D eigenvalue weighted by Gasteiger charge is -1.88. The summed E-state index contributed by atoms with van der Waals surface area (Å²) in [5.41, 5.74) is 1.92. The van der Waals surface area contributed by atoms with Crippen molar-refractivity contribution in [1.82, 2.24) is 14.8 Å². The molecule has 2 rings (SSSR count). The summed E-state index contributed by atoms with van der Waals surface area (Å²) >= 11 is 1.38. The fraction of sp³-hybridized carbons (Fsp3) is 0.222. The predicted octanol–water partition coefficient (Wildman–Crippen LogP) is 1.66. The molecule has 0 radical (unpaired) electrons. The third kappa shape index (κ3) is 1.46. The Morgan fingerprint density at radius 1 is 1.57 bits per heavy atom. The molecule has 2 aromatic rings. The van der Waals surface area contributed by atoms with E-state index in [4.69, 9.17) is 0 Å². The third-order valence-corrected chi connectivity index (χ3v) is 2.84. The summed E-state index contributed by atoms with van der Waals surface area (Å²) in [6.07, 6.45) is 4.30. The van der Waals surface area contributed by atoms with Crippen molar-refractivity contribution in [3.63, 3.8) is 0 Å². The van der Waals surface area contributed by atoms with Crippen molar-refractivity contribution in [3.8, 4) is 10.6 Å². The van der Waals surface area contributed by atoms with E-state index in [0.29, 0.717) is 4.88 Å². The zero-order valence-electron chi connectivity index (χ0n) is 7.89. The van der Waals surface area contributed by atoms with Crippen LogP contribution in [0.4, 0.5) is 0 Å². The SMILES string of the molecule is Cc1nn(C)cc1-c1ncc(C=O)s1. The number of nitrogens with zero attached hydrogens (tertiary/aromatic N) is 3. The molecule has 0 saturated heterocycles. The molecular formula is C9H9N3OS. The molecule has 0 aromatic carbocycles. The summed E-state index contributed by atoms with van der Waals surface area (Å²) in [7, 11) is 1.87. The molecule has 14 heavy (non-hydrogen) atoms. The van der Waals surface area contributed by atoms with Crippen molar-refractivity contribution in [1.29, 1.82) is 0 Å². The fourth-order valence-corrected chi connectivity index (χ4v) is 2.07. The van der Waals surface area contributed by atoms with Crippen LogP contribution in [-0.2, 0) is 7.05 Å². The van der Waals surface area contributed by atoms with Gasteiger partial charge in [0.1, 0.15) is 5.01 Å². The number of aldehydes is 1. The number of thiazole rings is 1. The number of aromatic nitrogens is 3. The summed E-state index contributed by atoms with van der Waals surface area (Å²) in [5, 5.41) is 5.06. The van der Waals surface area contributed by atoms with Crippen LogP contribution < -0.4 is 0 Å². The van der Waals surface area contributed by atoms with E-state index in [1.165, 1.54) is 11.3 Å². The van der Waals surface area contributed by atoms with Gasteiger partial charge < -0.3 is 0 Å². The lowest BCUT2D eigenvalue weighted by Crippen LogP contribution is -1.86. The van der Waals surface area contributed by atoms with E-state index < -0.39 is 0 Å². The molecule has 0 aliphatic rings. The fourth-order valence-electron chi connectivity index (χ4n) is 1.28. The first kappa shape index (κ1) is 9.08. The monoisotopic (exact) mass is 207 g/mol. The minimum atomic E-state index is 0.642. The van der Waals surface area contributed by atoms with Gasteiger partial charge in [0.15, 0.2) is 6.29 Å². The minimum absolute atomic E-state index is 0.642. The van der Waals surface area contributed by atoms with Crippen LogP contribution in [0.1, 0.15) is 15.4 Å². The van der Waals surface area contributed by atoms with Crippen LogP contribution in [-0.4, -0.2) is 21.1 Å². The third-order valence-electron chi connectivity index (χ3n) is 1.88. The molecule has 0 N–H and O–H groups in total. The van der Waals surface area contributed by atoms with Crippen molar-refractivity contribution in [2.45, 2.75) is 6.92 Å². The second kappa shape index (κ2) is 3.34. The van der Waals surface area contributed by atoms with Crippen molar-refractivity contribution >= 4 is 17.6 Å². The van der Waals surface area contributed by atoms with E-state index in [1.807, 2.05) is 20.2 Å². The topological polar surface area (TPSA) is 47.8 Å². The maximum absolute atomic E-state index is 10.5. The molecule has 72 valence electrons. The normalized spacial score (nSPS) is 10.4. The van der Waals surface area contributed by atoms with Crippen LogP contribution >= 0.6 is 11.3 Å². The molecule has 2 aromatic heterocycles. The number of hydrogen-bond acceptors (Lipinski definition) is 4. The quantitative estimate of drug-likeness (QED) is 0.704. The van der Waals surface area contributed by atoms with Crippen LogP contribution in [0.3, 0.4) is 0 Å². The molecule has 0 aliphatic heterocycles. The van der Waals surface area contributed by atoms with Crippen molar-refractivity contribution in [2.24, 2.45) is 7.05 Å². The zero-order chi connectivity index (χ0) is 10.1. The minimum Gasteiger partial charge on any atom is -0.297 e. The van der Waals surface area contributed by atoms with Crippen LogP contribution in [0.2, 0.25) is 0 Å². The Balaban J connectivity index is 2.48. The first-order chi connectivity index (χ1) is 6.70. The van der Waals surface area contributed by atoms with Crippen molar-refractivity contribution < 1.29 is 4.79 Å². The molecule has 0 bridgehead atoms. The number of aryl methyl sites for hydroxylation is 2. The number of hydrogen-bond donors (Lipinski definition) is 0. The highest BCUT2D eigenvalue weighted by Gasteiger charge is 2.09. The summed E-state index contributed by atoms with van der Waals surface area (Å²) in [4.78, 5) is 15.3. The van der Waals surface area contributed by atoms with E-state index >= 15 is 0 Å². The molecule has 0 spiro atoms. The Bertz CT molecular complexity index is 472. The molecule has 4 nitrogen and oxygen atoms in total. The first-order valence-electron chi connectivity index (χ1n) is 4.12. The second-order valence-electron chi connectivity index (χ2n) is 2.99. The van der Waals surface area contributed by atoms with Crippen LogP contribution in [0.5, 0.6) is 0 Å². The lowest BCUT2D eigenvalue weighted by molar-refractivity contribution is 0.112. The van der Waals surface area contributed by atoms with Gasteiger partial charge in [-0.3, -0.25) is 9.48 Å². The highest BCUT2D eigenvalue weighted by atomic mass is 32.1. The summed E-state index contributed by atoms with van der Waals surface area (Å²) in [6.45, 7) is 1.93. The van der Waals surface area contributed by atoms with E-state index in [9.17, 15) is 4.79 Å². The van der Waals surface area contributed by atoms with Gasteiger partial charge in [0.05, 0.1) is 16.1 Å². The average Bonchev–Trinajstić information content (AvgIpc) is 2.71. The molecule has 0 unspecified atom stereocenters. The van der Waals surface area contributed by atoms with Gasteiger partial charge in [-0.25, -0.2) is 4.98 Å². The molecule has 0 saturated carbocycles. The van der Waals surface area contributed by atoms with Crippen LogP contribution in [0, 0.1) is 6.92 Å². The highest BCUT2D eigenvalue weighted by molar-refractivity contribution is 7.16. The first-order valence-corrected chi connectivity index (χ1v) is 4.94. The molecule has 0 amide bonds. The highest BCUT2D eigenvalue weighted by Crippen LogP contribution is 2.26. The smallest absolute Gasteiger partial charge is 0.161 e. The summed E-state index contributed by atoms with van der Waals surface area (Å²) in [6, 6.07) is 0. The number of carbonyl (C=O) groups excluding carboxylic acids is 1. The zero-order valence-corrected chi connectivity index (χ0v) is 8.71. The molecule has 0 atom stereocenters. The Morgan fingerprint density at radius 2 is 2.36 bits per heavy atom. The Kier molecular flexibility index (Phi) is 2.17. The molecular weight excluding hydrogens is 198 g/mol. The van der Waals surface area contributed by atoms with Gasteiger partial charge in [-0.2, -0.15) is 5.10 Å². The van der Waals surface area contributed by atoms with E-state index in [-0.39, 0.29) is 0 Å². The second-order valence-corrected chi connectivity index (χ2v) is 4.05. The predicted molar refractivity (Wildman–Crippen MR) is 54.4 cm³/mol. The Labute approximate surface area is 85.2 Å². The van der Waals surface area contributed by atoms with Crippen molar-refractivity contribution in [2.75, 3.05) is 0 Å². The van der Waals surface area contributed by atoms with Gasteiger partial charge in [0.2, 0.25) is 0 Å². The van der Waals surface area contributed by atoms with Crippen LogP contribution in [0.15, 0.2) is 12.4 Å². The van der Waals surface area contributed by atoms with Crippen LogP contribution in [0.25, 0.3) is 10.6 Å². The average molecular weight is 207 g/mol. The molecule has 0 aliphatic carbocycles. The van der Waals surface area contributed by atoms with E-state index in [0.717, 1.165) is 22.6 Å². The maximum Gasteiger partial charge on any atom is 0.161 e. The van der Waals surface area contributed by atoms with Crippen molar-refractivity contribution in [3.05, 3.63) is 23.0 Å². The van der Waals surface area contributed by atoms with Gasteiger partial charge in [-0.05, 0) is 6.92 Å². The number of carbonyl (C=O) groups is 1. The van der Waals surface area contributed by atoms with Gasteiger partial charge >= 0.3 is 0 Å². The van der Waals surface area contributed by atoms with Gasteiger partial charge in [0.25, 0.3) is 0 Å². The Morgan fingerprint density at radius 3 is 2.86 bits per heavy atom. The summed E-state index contributed by atoms with van der Waals surface area (Å²) < 4.78 is 1.74. The number of rotatable bonds is 2. The maximum atomic E-state index is 10.5. The van der Waals surface area contributed by atoms with Gasteiger partial charge in [0, 0.05) is 19.4 Å². The molecule has 0 fully saturated rings. The van der Waals surface area contributed by atoms with E-state index in [2.05, 4.69) is 10.1 Å². The molecule has 2 heterocycles. The Hall–Kier alpha value is -1.49. The summed E-state index contributed by atoms with van der Waals surface area (Å²) in [5.74, 6) is 0. The van der Waals surface area contributed by atoms with Gasteiger partial charge in [-0.1, -0.05) is 0 Å². The van der Waals surface area contributed by atoms with Gasteiger partial charge in [-0.15, -0.1) is 11.3 Å². The van der Waals surface area contributed by atoms with E-state index in [1.54, 1.807) is 10.9 Å².